The van der Waals surface area contributed by atoms with E-state index in [0.29, 0.717) is 5.82 Å². The van der Waals surface area contributed by atoms with Gasteiger partial charge in [-0.2, -0.15) is 0 Å². The highest BCUT2D eigenvalue weighted by Gasteiger charge is 2.30. The number of amides is 3. The Morgan fingerprint density at radius 2 is 1.54 bits per heavy atom. The largest absolute Gasteiger partial charge is 0.465 e. The number of hydrogen-bond acceptors (Lipinski definition) is 7. The van der Waals surface area contributed by atoms with Crippen LogP contribution in [0.1, 0.15) is 38.8 Å². The average Bonchev–Trinajstić information content (AvgIpc) is 3.64. The van der Waals surface area contributed by atoms with Gasteiger partial charge in [0.1, 0.15) is 30.0 Å². The zero-order valence-corrected chi connectivity index (χ0v) is 27.4. The van der Waals surface area contributed by atoms with Gasteiger partial charge in [0.25, 0.3) is 0 Å². The maximum Gasteiger partial charge on any atom is 0.408 e. The molecule has 250 valence electrons. The van der Waals surface area contributed by atoms with E-state index in [-0.39, 0.29) is 26.0 Å². The van der Waals surface area contributed by atoms with E-state index in [4.69, 9.17) is 9.47 Å². The van der Waals surface area contributed by atoms with E-state index in [1.807, 2.05) is 77.5 Å². The van der Waals surface area contributed by atoms with Gasteiger partial charge in [0.05, 0.1) is 12.1 Å². The molecule has 12 heteroatoms. The molecule has 5 rings (SSSR count). The van der Waals surface area contributed by atoms with Gasteiger partial charge in [0.15, 0.2) is 0 Å². The fraction of sp³-hybridized carbons (Fsp3) is 0.306. The van der Waals surface area contributed by atoms with Crippen molar-refractivity contribution in [3.63, 3.8) is 0 Å². The Hall–Kier alpha value is -5.65. The molecule has 0 spiro atoms. The summed E-state index contributed by atoms with van der Waals surface area (Å²) in [6.45, 7) is 6.66. The van der Waals surface area contributed by atoms with Crippen molar-refractivity contribution in [2.45, 2.75) is 58.2 Å². The first-order chi connectivity index (χ1) is 23.0. The topological polar surface area (TPSA) is 156 Å². The van der Waals surface area contributed by atoms with Crippen molar-refractivity contribution in [1.29, 1.82) is 0 Å². The number of fused-ring (bicyclic) bond motifs is 2. The van der Waals surface area contributed by atoms with Crippen LogP contribution >= 0.6 is 0 Å². The molecule has 3 aromatic heterocycles. The molecule has 0 radical (unpaired) electrons. The number of carbonyl (C=O) groups excluding carboxylic acids is 4. The SMILES string of the molecule is CCOC(=O)CNC(=O)[C@H](Cc1c[nH]c2ccccc12)NC(=O)[C@H](Cc1cn(-c2ccccn2)c2ccccc12)NC(=O)OC(C)(C)C. The molecule has 0 saturated heterocycles. The van der Waals surface area contributed by atoms with Gasteiger partial charge in [0.2, 0.25) is 11.8 Å². The van der Waals surface area contributed by atoms with Gasteiger partial charge >= 0.3 is 12.1 Å². The molecule has 0 aliphatic heterocycles. The molecule has 12 nitrogen and oxygen atoms in total. The van der Waals surface area contributed by atoms with Gasteiger partial charge in [-0.25, -0.2) is 9.78 Å². The summed E-state index contributed by atoms with van der Waals surface area (Å²) in [5.41, 5.74) is 2.49. The monoisotopic (exact) mass is 652 g/mol. The molecular weight excluding hydrogens is 612 g/mol. The predicted octanol–water partition coefficient (Wildman–Crippen LogP) is 4.35. The van der Waals surface area contributed by atoms with E-state index in [0.717, 1.165) is 32.9 Å². The minimum atomic E-state index is -1.13. The first-order valence-corrected chi connectivity index (χ1v) is 15.8. The smallest absolute Gasteiger partial charge is 0.408 e. The van der Waals surface area contributed by atoms with Crippen LogP contribution in [0, 0.1) is 0 Å². The van der Waals surface area contributed by atoms with Gasteiger partial charge in [0, 0.05) is 47.7 Å². The minimum absolute atomic E-state index is 0.0790. The van der Waals surface area contributed by atoms with Crippen LogP contribution < -0.4 is 16.0 Å². The molecule has 3 amide bonds. The summed E-state index contributed by atoms with van der Waals surface area (Å²) in [6, 6.07) is 18.7. The number of nitrogens with one attached hydrogen (secondary N) is 4. The summed E-state index contributed by atoms with van der Waals surface area (Å²) in [7, 11) is 0. The van der Waals surface area contributed by atoms with Crippen LogP contribution in [0.2, 0.25) is 0 Å². The second-order valence-corrected chi connectivity index (χ2v) is 12.3. The standard InChI is InChI=1S/C36H40N6O6/c1-5-47-32(43)21-39-33(44)28(18-23-20-38-27-14-8-6-12-25(23)27)40-34(45)29(41-35(46)48-36(2,3)4)19-24-22-42(31-16-10-11-17-37-31)30-15-9-7-13-26(24)30/h6-17,20,22,28-29,38H,5,18-19,21H2,1-4H3,(H,39,44)(H,40,45)(H,41,46)/t28-,29-/m0/s1. The molecule has 0 fully saturated rings. The number of para-hydroxylation sites is 2. The Bertz CT molecular complexity index is 1910. The molecule has 4 N–H and O–H groups in total. The van der Waals surface area contributed by atoms with Crippen LogP contribution in [0.3, 0.4) is 0 Å². The number of benzene rings is 2. The Labute approximate surface area is 278 Å². The molecule has 0 aliphatic carbocycles. The summed E-state index contributed by atoms with van der Waals surface area (Å²) in [5, 5.41) is 9.91. The molecule has 3 heterocycles. The minimum Gasteiger partial charge on any atom is -0.465 e. The zero-order chi connectivity index (χ0) is 34.3. The van der Waals surface area contributed by atoms with Gasteiger partial charge in [-0.1, -0.05) is 42.5 Å². The summed E-state index contributed by atoms with van der Waals surface area (Å²) < 4.78 is 12.4. The van der Waals surface area contributed by atoms with Crippen molar-refractivity contribution >= 4 is 45.7 Å². The number of pyridine rings is 1. The van der Waals surface area contributed by atoms with Gasteiger partial charge in [-0.15, -0.1) is 0 Å². The lowest BCUT2D eigenvalue weighted by Gasteiger charge is -2.25. The maximum atomic E-state index is 14.1. The lowest BCUT2D eigenvalue weighted by Crippen LogP contribution is -2.55. The number of nitrogens with zero attached hydrogens (tertiary/aromatic N) is 2. The van der Waals surface area contributed by atoms with Crippen molar-refractivity contribution in [2.75, 3.05) is 13.2 Å². The van der Waals surface area contributed by atoms with Crippen molar-refractivity contribution in [3.05, 3.63) is 96.4 Å². The number of esters is 1. The van der Waals surface area contributed by atoms with Crippen LogP contribution in [0.25, 0.3) is 27.6 Å². The fourth-order valence-corrected chi connectivity index (χ4v) is 5.47. The fourth-order valence-electron chi connectivity index (χ4n) is 5.47. The number of aromatic amines is 1. The quantitative estimate of drug-likeness (QED) is 0.146. The lowest BCUT2D eigenvalue weighted by molar-refractivity contribution is -0.143. The molecule has 0 aliphatic rings. The van der Waals surface area contributed by atoms with Gasteiger partial charge in [-0.3, -0.25) is 14.4 Å². The van der Waals surface area contributed by atoms with Crippen LogP contribution in [0.15, 0.2) is 85.3 Å². The first-order valence-electron chi connectivity index (χ1n) is 15.8. The van der Waals surface area contributed by atoms with Gasteiger partial charge in [-0.05, 0) is 63.1 Å². The van der Waals surface area contributed by atoms with E-state index in [2.05, 4.69) is 25.9 Å². The van der Waals surface area contributed by atoms with Crippen molar-refractivity contribution in [3.8, 4) is 5.82 Å². The Balaban J connectivity index is 1.46. The van der Waals surface area contributed by atoms with Crippen LogP contribution in [0.5, 0.6) is 0 Å². The normalized spacial score (nSPS) is 12.7. The van der Waals surface area contributed by atoms with Gasteiger partial charge < -0.3 is 35.0 Å². The van der Waals surface area contributed by atoms with E-state index in [1.54, 1.807) is 40.1 Å². The number of rotatable bonds is 12. The Morgan fingerprint density at radius 3 is 2.27 bits per heavy atom. The summed E-state index contributed by atoms with van der Waals surface area (Å²) in [5.74, 6) is -1.09. The van der Waals surface area contributed by atoms with Crippen LogP contribution in [-0.2, 0) is 36.7 Å². The highest BCUT2D eigenvalue weighted by Crippen LogP contribution is 2.26. The van der Waals surface area contributed by atoms with Crippen molar-refractivity contribution in [2.24, 2.45) is 0 Å². The predicted molar refractivity (Wildman–Crippen MR) is 182 cm³/mol. The summed E-state index contributed by atoms with van der Waals surface area (Å²) in [4.78, 5) is 60.4. The number of aromatic nitrogens is 3. The third kappa shape index (κ3) is 8.38. The maximum absolute atomic E-state index is 14.1. The molecule has 0 saturated carbocycles. The molecule has 2 atom stereocenters. The Morgan fingerprint density at radius 1 is 0.854 bits per heavy atom. The average molecular weight is 653 g/mol. The third-order valence-electron chi connectivity index (χ3n) is 7.57. The van der Waals surface area contributed by atoms with Crippen LogP contribution in [-0.4, -0.2) is 69.2 Å². The molecule has 48 heavy (non-hydrogen) atoms. The lowest BCUT2D eigenvalue weighted by atomic mass is 10.0. The van der Waals surface area contributed by atoms with E-state index < -0.39 is 41.6 Å². The number of alkyl carbamates (subject to hydrolysis) is 1. The molecule has 0 bridgehead atoms. The second kappa shape index (κ2) is 14.8. The summed E-state index contributed by atoms with van der Waals surface area (Å²) in [6.07, 6.45) is 4.78. The highest BCUT2D eigenvalue weighted by molar-refractivity contribution is 5.94. The third-order valence-corrected chi connectivity index (χ3v) is 7.57. The number of carbonyl (C=O) groups is 4. The van der Waals surface area contributed by atoms with E-state index in [1.165, 1.54) is 0 Å². The number of hydrogen-bond donors (Lipinski definition) is 4. The van der Waals surface area contributed by atoms with Crippen LogP contribution in [0.4, 0.5) is 4.79 Å². The molecule has 0 unspecified atom stereocenters. The molecule has 2 aromatic carbocycles. The second-order valence-electron chi connectivity index (χ2n) is 12.3. The van der Waals surface area contributed by atoms with E-state index >= 15 is 0 Å². The molecule has 5 aromatic rings. The highest BCUT2D eigenvalue weighted by atomic mass is 16.6. The summed E-state index contributed by atoms with van der Waals surface area (Å²) >= 11 is 0. The zero-order valence-electron chi connectivity index (χ0n) is 27.4. The Kier molecular flexibility index (Phi) is 10.4. The number of H-pyrrole nitrogens is 1. The van der Waals surface area contributed by atoms with E-state index in [9.17, 15) is 19.2 Å². The van der Waals surface area contributed by atoms with Crippen molar-refractivity contribution in [1.82, 2.24) is 30.5 Å². The first kappa shape index (κ1) is 33.7. The molecular formula is C36H40N6O6. The van der Waals surface area contributed by atoms with Crippen molar-refractivity contribution < 1.29 is 28.7 Å². The number of ether oxygens (including phenoxy) is 2.